The van der Waals surface area contributed by atoms with Gasteiger partial charge in [-0.15, -0.1) is 0 Å². The van der Waals surface area contributed by atoms with E-state index in [9.17, 15) is 27.3 Å². The molecular formula is C17H16F3N2O6P. The highest BCUT2D eigenvalue weighted by atomic mass is 31.2. The SMILES string of the molecule is O=C1CC(=O)N([C@H]2C[C@@H]3O[P@@](=O)(NCc4ccc(F)cc4F)OC[C@H]3O2)C=C1F. The fourth-order valence-corrected chi connectivity index (χ4v) is 4.78. The summed E-state index contributed by atoms with van der Waals surface area (Å²) in [6, 6.07) is 2.97. The quantitative estimate of drug-likeness (QED) is 0.577. The normalized spacial score (nSPS) is 32.3. The molecule has 0 unspecified atom stereocenters. The molecular weight excluding hydrogens is 416 g/mol. The number of benzene rings is 1. The van der Waals surface area contributed by atoms with Crippen LogP contribution in [-0.4, -0.2) is 41.6 Å². The third-order valence-electron chi connectivity index (χ3n) is 4.77. The van der Waals surface area contributed by atoms with E-state index in [1.807, 2.05) is 0 Å². The molecule has 1 amide bonds. The largest absolute Gasteiger partial charge is 0.406 e. The third-order valence-corrected chi connectivity index (χ3v) is 6.35. The summed E-state index contributed by atoms with van der Waals surface area (Å²) in [6.07, 6.45) is -2.03. The van der Waals surface area contributed by atoms with Gasteiger partial charge < -0.3 is 4.74 Å². The molecule has 3 heterocycles. The van der Waals surface area contributed by atoms with E-state index < -0.39 is 61.8 Å². The number of allylic oxidation sites excluding steroid dienone is 1. The van der Waals surface area contributed by atoms with Gasteiger partial charge in [-0.3, -0.25) is 23.5 Å². The van der Waals surface area contributed by atoms with Crippen molar-refractivity contribution in [3.8, 4) is 0 Å². The van der Waals surface area contributed by atoms with E-state index in [4.69, 9.17) is 13.8 Å². The molecule has 0 aliphatic carbocycles. The number of carbonyl (C=O) groups excluding carboxylic acids is 2. The fraction of sp³-hybridized carbons (Fsp3) is 0.412. The van der Waals surface area contributed by atoms with Crippen LogP contribution in [0.4, 0.5) is 13.2 Å². The van der Waals surface area contributed by atoms with Gasteiger partial charge in [0.05, 0.1) is 13.0 Å². The summed E-state index contributed by atoms with van der Waals surface area (Å²) in [5.74, 6) is -4.11. The molecule has 2 saturated heterocycles. The molecule has 0 radical (unpaired) electrons. The van der Waals surface area contributed by atoms with Crippen LogP contribution in [0.5, 0.6) is 0 Å². The Morgan fingerprint density at radius 3 is 2.76 bits per heavy atom. The molecule has 1 aromatic rings. The Morgan fingerprint density at radius 2 is 2.00 bits per heavy atom. The van der Waals surface area contributed by atoms with Crippen molar-refractivity contribution >= 4 is 19.4 Å². The second-order valence-electron chi connectivity index (χ2n) is 6.75. The van der Waals surface area contributed by atoms with Crippen molar-refractivity contribution in [1.82, 2.24) is 9.99 Å². The monoisotopic (exact) mass is 432 g/mol. The van der Waals surface area contributed by atoms with Crippen LogP contribution >= 0.6 is 7.75 Å². The molecule has 0 bridgehead atoms. The lowest BCUT2D eigenvalue weighted by Gasteiger charge is -2.31. The van der Waals surface area contributed by atoms with Gasteiger partial charge >= 0.3 is 7.75 Å². The minimum atomic E-state index is -3.82. The first-order valence-electron chi connectivity index (χ1n) is 8.73. The zero-order valence-electron chi connectivity index (χ0n) is 14.8. The molecule has 3 aliphatic rings. The molecule has 0 spiro atoms. The van der Waals surface area contributed by atoms with Crippen molar-refractivity contribution in [2.45, 2.75) is 37.8 Å². The predicted molar refractivity (Wildman–Crippen MR) is 90.6 cm³/mol. The average molecular weight is 432 g/mol. The zero-order chi connectivity index (χ0) is 20.8. The van der Waals surface area contributed by atoms with E-state index in [1.54, 1.807) is 0 Å². The van der Waals surface area contributed by atoms with E-state index in [0.717, 1.165) is 17.2 Å². The van der Waals surface area contributed by atoms with E-state index in [-0.39, 0.29) is 25.1 Å². The van der Waals surface area contributed by atoms with Gasteiger partial charge in [0.15, 0.2) is 5.83 Å². The number of rotatable bonds is 4. The van der Waals surface area contributed by atoms with Crippen molar-refractivity contribution in [3.63, 3.8) is 0 Å². The van der Waals surface area contributed by atoms with E-state index in [0.29, 0.717) is 6.07 Å². The van der Waals surface area contributed by atoms with Crippen molar-refractivity contribution in [2.24, 2.45) is 0 Å². The number of ether oxygens (including phenoxy) is 1. The van der Waals surface area contributed by atoms with Crippen LogP contribution in [0.2, 0.25) is 0 Å². The first-order valence-corrected chi connectivity index (χ1v) is 10.3. The van der Waals surface area contributed by atoms with Gasteiger partial charge in [-0.05, 0) is 6.07 Å². The molecule has 0 aromatic heterocycles. The maximum absolute atomic E-state index is 13.7. The molecule has 0 saturated carbocycles. The summed E-state index contributed by atoms with van der Waals surface area (Å²) in [4.78, 5) is 24.2. The van der Waals surface area contributed by atoms with Crippen molar-refractivity contribution in [2.75, 3.05) is 6.61 Å². The Balaban J connectivity index is 1.40. The fourth-order valence-electron chi connectivity index (χ4n) is 3.27. The maximum Gasteiger partial charge on any atom is 0.406 e. The first-order chi connectivity index (χ1) is 13.7. The second kappa shape index (κ2) is 7.66. The highest BCUT2D eigenvalue weighted by Crippen LogP contribution is 2.52. The molecule has 4 rings (SSSR count). The number of halogens is 3. The van der Waals surface area contributed by atoms with E-state index in [1.165, 1.54) is 6.07 Å². The van der Waals surface area contributed by atoms with Crippen LogP contribution in [0.1, 0.15) is 18.4 Å². The summed E-state index contributed by atoms with van der Waals surface area (Å²) in [5, 5.41) is 2.50. The number of nitrogens with zero attached hydrogens (tertiary/aromatic N) is 1. The van der Waals surface area contributed by atoms with Crippen LogP contribution in [-0.2, 0) is 34.5 Å². The highest BCUT2D eigenvalue weighted by Gasteiger charge is 2.48. The molecule has 2 fully saturated rings. The number of hydrogen-bond acceptors (Lipinski definition) is 6. The molecule has 3 aliphatic heterocycles. The smallest absolute Gasteiger partial charge is 0.349 e. The summed E-state index contributed by atoms with van der Waals surface area (Å²) in [5.41, 5.74) is 0.0701. The summed E-state index contributed by atoms with van der Waals surface area (Å²) >= 11 is 0. The Morgan fingerprint density at radius 1 is 1.21 bits per heavy atom. The summed E-state index contributed by atoms with van der Waals surface area (Å²) in [7, 11) is -3.82. The minimum absolute atomic E-state index is 0.0701. The number of carbonyl (C=O) groups is 2. The number of Topliss-reactive ketones (excluding diaryl/α,β-unsaturated/α-hetero) is 1. The minimum Gasteiger partial charge on any atom is -0.349 e. The van der Waals surface area contributed by atoms with Crippen LogP contribution in [0.15, 0.2) is 30.2 Å². The first kappa shape index (κ1) is 20.2. The van der Waals surface area contributed by atoms with Gasteiger partial charge in [0.2, 0.25) is 11.7 Å². The van der Waals surface area contributed by atoms with Gasteiger partial charge in [-0.1, -0.05) is 6.07 Å². The van der Waals surface area contributed by atoms with Crippen LogP contribution in [0.3, 0.4) is 0 Å². The summed E-state index contributed by atoms with van der Waals surface area (Å²) in [6.45, 7) is -0.365. The highest BCUT2D eigenvalue weighted by molar-refractivity contribution is 7.51. The van der Waals surface area contributed by atoms with Crippen molar-refractivity contribution in [3.05, 3.63) is 47.4 Å². The number of fused-ring (bicyclic) bond motifs is 1. The lowest BCUT2D eigenvalue weighted by Crippen LogP contribution is -2.40. The van der Waals surface area contributed by atoms with E-state index in [2.05, 4.69) is 5.09 Å². The van der Waals surface area contributed by atoms with Crippen LogP contribution in [0.25, 0.3) is 0 Å². The number of nitrogens with one attached hydrogen (secondary N) is 1. The Hall–Kier alpha value is -2.04. The molecule has 1 N–H and O–H groups in total. The number of hydrogen-bond donors (Lipinski definition) is 1. The van der Waals surface area contributed by atoms with Gasteiger partial charge in [0.25, 0.3) is 0 Å². The standard InChI is InChI=1S/C17H16F3N2O6P/c18-10-2-1-9(11(19)3-10)6-21-29(25)26-8-15-14(28-29)5-17(27-15)22-7-12(20)13(23)4-16(22)24/h1-3,7,14-15,17H,4-6,8H2,(H,21,25)/t14-,15+,17+,29+/m0/s1. The predicted octanol–water partition coefficient (Wildman–Crippen LogP) is 2.31. The topological polar surface area (TPSA) is 94.2 Å². The molecule has 8 nitrogen and oxygen atoms in total. The summed E-state index contributed by atoms with van der Waals surface area (Å²) < 4.78 is 69.4. The lowest BCUT2D eigenvalue weighted by atomic mass is 10.1. The zero-order valence-corrected chi connectivity index (χ0v) is 15.7. The molecule has 1 aromatic carbocycles. The van der Waals surface area contributed by atoms with Gasteiger partial charge in [-0.2, -0.15) is 0 Å². The number of amides is 1. The molecule has 4 atom stereocenters. The second-order valence-corrected chi connectivity index (χ2v) is 8.53. The van der Waals surface area contributed by atoms with Gasteiger partial charge in [0, 0.05) is 30.8 Å². The van der Waals surface area contributed by atoms with Gasteiger partial charge in [0.1, 0.15) is 30.1 Å². The number of ketones is 1. The molecule has 29 heavy (non-hydrogen) atoms. The lowest BCUT2D eigenvalue weighted by molar-refractivity contribution is -0.145. The molecule has 156 valence electrons. The van der Waals surface area contributed by atoms with E-state index >= 15 is 0 Å². The third kappa shape index (κ3) is 4.15. The maximum atomic E-state index is 13.7. The Bertz CT molecular complexity index is 942. The van der Waals surface area contributed by atoms with Crippen molar-refractivity contribution in [1.29, 1.82) is 0 Å². The average Bonchev–Trinajstić information content (AvgIpc) is 3.06. The molecule has 12 heteroatoms. The van der Waals surface area contributed by atoms with Crippen LogP contribution in [0, 0.1) is 11.6 Å². The Kier molecular flexibility index (Phi) is 5.34. The van der Waals surface area contributed by atoms with Crippen molar-refractivity contribution < 1.29 is 41.1 Å². The van der Waals surface area contributed by atoms with Crippen LogP contribution < -0.4 is 5.09 Å². The Labute approximate surface area is 163 Å². The van der Waals surface area contributed by atoms with Gasteiger partial charge in [-0.25, -0.2) is 22.8 Å².